The van der Waals surface area contributed by atoms with Crippen molar-refractivity contribution in [1.29, 1.82) is 0 Å². The molecule has 3 fully saturated rings. The van der Waals surface area contributed by atoms with E-state index < -0.39 is 90.1 Å². The number of hydrogen-bond donors (Lipinski definition) is 3. The van der Waals surface area contributed by atoms with Gasteiger partial charge in [0, 0.05) is 26.6 Å². The standard InChI is InChI=1S/C38H49FN6O8/c1-23-35(49)45-20-10-16-31(45)38(52)53-22-29(36(50)44-19-9-15-30(44)37(51)43(3)24(2)33(47)40-23)42-34(48)28(21-26-13-7-8-14-27(26)39)41-32(46)18-17-25-11-5-4-6-12-25/h4-5,7-8,13-14,17-18,23-25,28-31H,6,9-12,15-16,19-22H2,1-3H3,(H,40,47)(H,41,46)(H,42,48)/b18-17+/t23-,24-,25?,28-,29-,30-,31-/m0/s1. The fraction of sp³-hybridized carbons (Fsp3) is 0.553. The molecular formula is C38H49FN6O8. The SMILES string of the molecule is C[C@@H]1NC(=O)[C@H](C)N(C)C(=O)[C@@H]2CCCN2C(=O)[C@@H](NC(=O)[C@H](Cc2ccccc2F)NC(=O)/C=C/C2CC=CCC2)COC(=O)[C@@H]2CCCN2C1=O. The molecule has 1 aromatic carbocycles. The minimum Gasteiger partial charge on any atom is -0.461 e. The smallest absolute Gasteiger partial charge is 0.328 e. The van der Waals surface area contributed by atoms with Crippen molar-refractivity contribution < 1.29 is 42.7 Å². The van der Waals surface area contributed by atoms with E-state index in [1.165, 1.54) is 59.9 Å². The van der Waals surface area contributed by atoms with Crippen molar-refractivity contribution in [2.75, 3.05) is 26.7 Å². The van der Waals surface area contributed by atoms with Crippen LogP contribution in [0.1, 0.15) is 64.4 Å². The molecule has 3 saturated heterocycles. The lowest BCUT2D eigenvalue weighted by Gasteiger charge is -2.34. The lowest BCUT2D eigenvalue weighted by Crippen LogP contribution is -2.60. The Bertz CT molecular complexity index is 1650. The van der Waals surface area contributed by atoms with Crippen LogP contribution in [-0.4, -0.2) is 119 Å². The molecule has 1 aromatic rings. The number of fused-ring (bicyclic) bond motifs is 2. The van der Waals surface area contributed by atoms with Crippen molar-refractivity contribution in [3.8, 4) is 0 Å². The molecule has 7 atom stereocenters. The van der Waals surface area contributed by atoms with Gasteiger partial charge in [0.1, 0.15) is 48.7 Å². The Hall–Kier alpha value is -5.08. The van der Waals surface area contributed by atoms with Crippen LogP contribution in [0.5, 0.6) is 0 Å². The molecule has 1 aliphatic carbocycles. The molecular weight excluding hydrogens is 687 g/mol. The van der Waals surface area contributed by atoms with E-state index in [1.54, 1.807) is 12.1 Å². The maximum atomic E-state index is 14.8. The average Bonchev–Trinajstić information content (AvgIpc) is 3.85. The molecule has 1 unspecified atom stereocenters. The molecule has 0 aromatic heterocycles. The molecule has 3 N–H and O–H groups in total. The van der Waals surface area contributed by atoms with Crippen molar-refractivity contribution >= 4 is 41.4 Å². The van der Waals surface area contributed by atoms with Gasteiger partial charge in [0.25, 0.3) is 0 Å². The molecule has 3 aliphatic heterocycles. The number of carbonyl (C=O) groups is 7. The minimum absolute atomic E-state index is 0.150. The first kappa shape index (κ1) is 39.1. The predicted molar refractivity (Wildman–Crippen MR) is 190 cm³/mol. The summed E-state index contributed by atoms with van der Waals surface area (Å²) in [6.45, 7) is 2.78. The van der Waals surface area contributed by atoms with Gasteiger partial charge in [0.2, 0.25) is 35.4 Å². The van der Waals surface area contributed by atoms with E-state index in [9.17, 15) is 38.0 Å². The number of rotatable bonds is 7. The van der Waals surface area contributed by atoms with E-state index in [-0.39, 0.29) is 37.4 Å². The van der Waals surface area contributed by atoms with E-state index in [0.717, 1.165) is 19.3 Å². The van der Waals surface area contributed by atoms with Crippen LogP contribution >= 0.6 is 0 Å². The summed E-state index contributed by atoms with van der Waals surface area (Å²) in [6.07, 6.45) is 11.0. The van der Waals surface area contributed by atoms with Crippen molar-refractivity contribution in [1.82, 2.24) is 30.7 Å². The van der Waals surface area contributed by atoms with Crippen LogP contribution in [0, 0.1) is 11.7 Å². The number of esters is 1. The summed E-state index contributed by atoms with van der Waals surface area (Å²) < 4.78 is 20.5. The van der Waals surface area contributed by atoms with Gasteiger partial charge in [-0.1, -0.05) is 36.4 Å². The third-order valence-electron chi connectivity index (χ3n) is 10.5. The third kappa shape index (κ3) is 9.48. The number of carbonyl (C=O) groups excluding carboxylic acids is 7. The third-order valence-corrected chi connectivity index (χ3v) is 10.5. The highest BCUT2D eigenvalue weighted by Crippen LogP contribution is 2.24. The Labute approximate surface area is 308 Å². The van der Waals surface area contributed by atoms with Crippen molar-refractivity contribution in [2.45, 2.75) is 101 Å². The second-order valence-electron chi connectivity index (χ2n) is 14.2. The number of nitrogens with zero attached hydrogens (tertiary/aromatic N) is 3. The molecule has 0 spiro atoms. The zero-order valence-corrected chi connectivity index (χ0v) is 30.4. The van der Waals surface area contributed by atoms with Crippen molar-refractivity contribution in [3.05, 3.63) is 60.0 Å². The summed E-state index contributed by atoms with van der Waals surface area (Å²) in [5.74, 6) is -4.98. The number of halogens is 1. The van der Waals surface area contributed by atoms with Gasteiger partial charge < -0.3 is 35.4 Å². The number of hydrogen-bond acceptors (Lipinski definition) is 8. The van der Waals surface area contributed by atoms with Gasteiger partial charge in [-0.3, -0.25) is 28.8 Å². The highest BCUT2D eigenvalue weighted by Gasteiger charge is 2.43. The van der Waals surface area contributed by atoms with E-state index in [2.05, 4.69) is 22.0 Å². The first-order chi connectivity index (χ1) is 25.3. The Morgan fingerprint density at radius 3 is 2.36 bits per heavy atom. The van der Waals surface area contributed by atoms with Crippen LogP contribution in [0.15, 0.2) is 48.6 Å². The highest BCUT2D eigenvalue weighted by molar-refractivity contribution is 5.98. The van der Waals surface area contributed by atoms with E-state index in [1.807, 2.05) is 6.08 Å². The van der Waals surface area contributed by atoms with Gasteiger partial charge in [0.15, 0.2) is 0 Å². The molecule has 14 nitrogen and oxygen atoms in total. The summed E-state index contributed by atoms with van der Waals surface area (Å²) in [5.41, 5.74) is 0.150. The molecule has 0 radical (unpaired) electrons. The molecule has 0 saturated carbocycles. The Balaban J connectivity index is 1.43. The number of likely N-dealkylation sites (N-methyl/N-ethyl adjacent to an activating group) is 1. The monoisotopic (exact) mass is 736 g/mol. The normalized spacial score (nSPS) is 28.0. The maximum absolute atomic E-state index is 14.8. The molecule has 5 rings (SSSR count). The topological polar surface area (TPSA) is 175 Å². The summed E-state index contributed by atoms with van der Waals surface area (Å²) in [7, 11) is 1.44. The molecule has 3 heterocycles. The van der Waals surface area contributed by atoms with Gasteiger partial charge in [-0.15, -0.1) is 0 Å². The van der Waals surface area contributed by atoms with E-state index in [4.69, 9.17) is 4.74 Å². The largest absolute Gasteiger partial charge is 0.461 e. The van der Waals surface area contributed by atoms with Gasteiger partial charge in [-0.2, -0.15) is 0 Å². The zero-order chi connectivity index (χ0) is 38.2. The Morgan fingerprint density at radius 2 is 1.66 bits per heavy atom. The Kier molecular flexibility index (Phi) is 13.0. The van der Waals surface area contributed by atoms with Gasteiger partial charge in [-0.05, 0) is 82.4 Å². The van der Waals surface area contributed by atoms with E-state index >= 15 is 0 Å². The Morgan fingerprint density at radius 1 is 0.962 bits per heavy atom. The average molecular weight is 737 g/mol. The number of benzene rings is 1. The van der Waals surface area contributed by atoms with Gasteiger partial charge >= 0.3 is 5.97 Å². The first-order valence-electron chi connectivity index (χ1n) is 18.4. The summed E-state index contributed by atoms with van der Waals surface area (Å²) in [5, 5.41) is 7.92. The summed E-state index contributed by atoms with van der Waals surface area (Å²) >= 11 is 0. The molecule has 53 heavy (non-hydrogen) atoms. The van der Waals surface area contributed by atoms with Crippen LogP contribution in [0.4, 0.5) is 4.39 Å². The maximum Gasteiger partial charge on any atom is 0.328 e. The van der Waals surface area contributed by atoms with E-state index in [0.29, 0.717) is 19.3 Å². The molecule has 0 bridgehead atoms. The zero-order valence-electron chi connectivity index (χ0n) is 30.4. The molecule has 4 aliphatic rings. The van der Waals surface area contributed by atoms with Crippen LogP contribution in [0.2, 0.25) is 0 Å². The molecule has 15 heteroatoms. The second-order valence-corrected chi connectivity index (χ2v) is 14.2. The molecule has 6 amide bonds. The van der Waals surface area contributed by atoms with Crippen LogP contribution < -0.4 is 16.0 Å². The highest BCUT2D eigenvalue weighted by atomic mass is 19.1. The van der Waals surface area contributed by atoms with Crippen molar-refractivity contribution in [2.24, 2.45) is 5.92 Å². The fourth-order valence-corrected chi connectivity index (χ4v) is 7.25. The van der Waals surface area contributed by atoms with Crippen molar-refractivity contribution in [3.63, 3.8) is 0 Å². The first-order valence-corrected chi connectivity index (χ1v) is 18.4. The number of cyclic esters (lactones) is 1. The summed E-state index contributed by atoms with van der Waals surface area (Å²) in [6, 6.07) is -0.996. The number of amides is 6. The van der Waals surface area contributed by atoms with Gasteiger partial charge in [0.05, 0.1) is 0 Å². The van der Waals surface area contributed by atoms with Crippen LogP contribution in [-0.2, 0) is 44.7 Å². The number of ether oxygens (including phenoxy) is 1. The lowest BCUT2D eigenvalue weighted by atomic mass is 9.94. The second kappa shape index (κ2) is 17.6. The quantitative estimate of drug-likeness (QED) is 0.212. The number of allylic oxidation sites excluding steroid dienone is 3. The van der Waals surface area contributed by atoms with Gasteiger partial charge in [-0.25, -0.2) is 9.18 Å². The summed E-state index contributed by atoms with van der Waals surface area (Å²) in [4.78, 5) is 99.0. The predicted octanol–water partition coefficient (Wildman–Crippen LogP) is 1.14. The fourth-order valence-electron chi connectivity index (χ4n) is 7.25. The van der Waals surface area contributed by atoms with Crippen LogP contribution in [0.3, 0.4) is 0 Å². The minimum atomic E-state index is -1.51. The lowest BCUT2D eigenvalue weighted by molar-refractivity contribution is -0.158. The van der Waals surface area contributed by atoms with Crippen LogP contribution in [0.25, 0.3) is 0 Å². The number of nitrogens with one attached hydrogen (secondary N) is 3. The molecule has 286 valence electrons.